The molecule has 3 atom stereocenters. The number of carbonyl (C=O) groups excluding carboxylic acids is 3. The van der Waals surface area contributed by atoms with E-state index in [0.717, 1.165) is 109 Å². The van der Waals surface area contributed by atoms with Crippen molar-refractivity contribution in [1.82, 2.24) is 0 Å². The number of phosphoric ester groups is 1. The third kappa shape index (κ3) is 48.5. The molecule has 0 amide bonds. The Morgan fingerprint density at radius 2 is 0.735 bits per heavy atom. The number of esters is 3. The lowest BCUT2D eigenvalue weighted by molar-refractivity contribution is -0.161. The number of rotatable bonds is 51. The molecule has 0 saturated heterocycles. The van der Waals surface area contributed by atoms with Gasteiger partial charge in [-0.3, -0.25) is 23.4 Å². The van der Waals surface area contributed by atoms with Gasteiger partial charge in [0.15, 0.2) is 6.10 Å². The average molecular weight is 981 g/mol. The van der Waals surface area contributed by atoms with E-state index in [1.54, 1.807) is 0 Å². The summed E-state index contributed by atoms with van der Waals surface area (Å²) in [6.45, 7) is 4.54. The molecule has 11 nitrogen and oxygen atoms in total. The Balaban J connectivity index is 4.74. The maximum atomic E-state index is 12.9. The summed E-state index contributed by atoms with van der Waals surface area (Å²) >= 11 is 0. The minimum atomic E-state index is -4.74. The number of unbranched alkanes of at least 4 members (excludes halogenated alkanes) is 26. The van der Waals surface area contributed by atoms with Gasteiger partial charge in [0.25, 0.3) is 0 Å². The number of aliphatic hydroxyl groups excluding tert-OH is 1. The third-order valence-electron chi connectivity index (χ3n) is 11.7. The molecule has 0 aromatic rings. The van der Waals surface area contributed by atoms with Crippen molar-refractivity contribution in [1.29, 1.82) is 0 Å². The van der Waals surface area contributed by atoms with Crippen LogP contribution in [-0.4, -0.2) is 66.5 Å². The van der Waals surface area contributed by atoms with Crippen LogP contribution in [0.4, 0.5) is 0 Å². The van der Waals surface area contributed by atoms with Crippen LogP contribution in [0.3, 0.4) is 0 Å². The molecule has 0 rings (SSSR count). The molecule has 0 aromatic heterocycles. The molecule has 12 heteroatoms. The number of ether oxygens (including phenoxy) is 3. The van der Waals surface area contributed by atoms with Gasteiger partial charge in [-0.1, -0.05) is 185 Å². The Bertz CT molecular complexity index is 1330. The maximum Gasteiger partial charge on any atom is 0.472 e. The van der Waals surface area contributed by atoms with Crippen molar-refractivity contribution in [2.45, 2.75) is 264 Å². The van der Waals surface area contributed by atoms with Crippen LogP contribution in [0.25, 0.3) is 0 Å². The molecular formula is C56H101O11P. The van der Waals surface area contributed by atoms with Gasteiger partial charge in [0.1, 0.15) is 12.7 Å². The molecule has 0 bridgehead atoms. The molecule has 0 aromatic carbocycles. The Hall–Kier alpha value is -2.56. The van der Waals surface area contributed by atoms with E-state index in [1.807, 2.05) is 0 Å². The fourth-order valence-electron chi connectivity index (χ4n) is 7.42. The zero-order valence-electron chi connectivity index (χ0n) is 43.6. The van der Waals surface area contributed by atoms with Crippen molar-refractivity contribution in [3.63, 3.8) is 0 Å². The fraction of sp³-hybridized carbons (Fsp3) is 0.804. The summed E-state index contributed by atoms with van der Waals surface area (Å²) in [5, 5.41) is 9.77. The summed E-state index contributed by atoms with van der Waals surface area (Å²) in [6, 6.07) is 0. The normalized spacial score (nSPS) is 13.8. The molecule has 3 unspecified atom stereocenters. The largest absolute Gasteiger partial charge is 0.472 e. The van der Waals surface area contributed by atoms with Crippen LogP contribution in [0.2, 0.25) is 0 Å². The van der Waals surface area contributed by atoms with E-state index in [9.17, 15) is 28.9 Å². The predicted octanol–water partition coefficient (Wildman–Crippen LogP) is 15.8. The van der Waals surface area contributed by atoms with Gasteiger partial charge < -0.3 is 24.2 Å². The van der Waals surface area contributed by atoms with E-state index in [0.29, 0.717) is 19.3 Å². The first kappa shape index (κ1) is 65.4. The van der Waals surface area contributed by atoms with Gasteiger partial charge in [0.05, 0.1) is 19.8 Å². The zero-order valence-corrected chi connectivity index (χ0v) is 44.5. The number of aliphatic hydroxyl groups is 1. The van der Waals surface area contributed by atoms with Gasteiger partial charge in [-0.15, -0.1) is 0 Å². The third-order valence-corrected chi connectivity index (χ3v) is 12.6. The zero-order chi connectivity index (χ0) is 49.9. The Morgan fingerprint density at radius 3 is 1.18 bits per heavy atom. The van der Waals surface area contributed by atoms with Crippen LogP contribution in [0.15, 0.2) is 48.6 Å². The molecule has 0 fully saturated rings. The first-order valence-electron chi connectivity index (χ1n) is 27.5. The van der Waals surface area contributed by atoms with Gasteiger partial charge in [0, 0.05) is 19.3 Å². The Morgan fingerprint density at radius 1 is 0.412 bits per heavy atom. The van der Waals surface area contributed by atoms with Crippen LogP contribution in [0, 0.1) is 0 Å². The second kappa shape index (κ2) is 50.8. The standard InChI is InChI=1S/C56H101O11P/c1-4-7-10-13-16-19-22-24-25-26-27-29-31-33-36-39-42-45-54(58)63-49-53(67-56(60)47-44-41-38-35-32-28-23-20-17-14-11-8-5-2)51-65-68(61,62)64-50-52(48-57)66-55(59)46-43-40-37-34-30-21-18-15-12-9-6-3/h15-16,18-20,23-25,52-53,57H,4-14,17,21-22,26-51H2,1-3H3,(H,61,62)/b18-15-,19-16-,23-20-,25-24-. The van der Waals surface area contributed by atoms with Crippen LogP contribution in [0.5, 0.6) is 0 Å². The molecule has 0 spiro atoms. The van der Waals surface area contributed by atoms with Crippen molar-refractivity contribution in [3.05, 3.63) is 48.6 Å². The number of hydrogen-bond acceptors (Lipinski definition) is 10. The quantitative estimate of drug-likeness (QED) is 0.0197. The predicted molar refractivity (Wildman–Crippen MR) is 279 cm³/mol. The van der Waals surface area contributed by atoms with E-state index in [-0.39, 0.29) is 25.9 Å². The molecule has 0 aliphatic rings. The highest BCUT2D eigenvalue weighted by molar-refractivity contribution is 7.47. The maximum absolute atomic E-state index is 12.9. The Labute approximate surface area is 415 Å². The fourth-order valence-corrected chi connectivity index (χ4v) is 8.20. The second-order valence-electron chi connectivity index (χ2n) is 18.4. The van der Waals surface area contributed by atoms with Crippen LogP contribution in [0.1, 0.15) is 252 Å². The number of phosphoric acid groups is 1. The van der Waals surface area contributed by atoms with E-state index < -0.39 is 57.8 Å². The summed E-state index contributed by atoms with van der Waals surface area (Å²) < 4.78 is 39.4. The van der Waals surface area contributed by atoms with Crippen molar-refractivity contribution in [3.8, 4) is 0 Å². The van der Waals surface area contributed by atoms with Crippen LogP contribution in [-0.2, 0) is 42.2 Å². The highest BCUT2D eigenvalue weighted by Crippen LogP contribution is 2.43. The lowest BCUT2D eigenvalue weighted by Crippen LogP contribution is -2.30. The van der Waals surface area contributed by atoms with E-state index >= 15 is 0 Å². The lowest BCUT2D eigenvalue weighted by atomic mass is 10.1. The van der Waals surface area contributed by atoms with Gasteiger partial charge in [-0.25, -0.2) is 4.57 Å². The molecule has 0 saturated carbocycles. The molecule has 0 aliphatic heterocycles. The molecule has 396 valence electrons. The van der Waals surface area contributed by atoms with E-state index in [1.165, 1.54) is 83.5 Å². The molecular weight excluding hydrogens is 880 g/mol. The van der Waals surface area contributed by atoms with Gasteiger partial charge >= 0.3 is 25.7 Å². The summed E-state index contributed by atoms with van der Waals surface area (Å²) in [6.07, 6.45) is 52.1. The smallest absolute Gasteiger partial charge is 0.462 e. The van der Waals surface area contributed by atoms with Crippen molar-refractivity contribution >= 4 is 25.7 Å². The summed E-state index contributed by atoms with van der Waals surface area (Å²) in [4.78, 5) is 48.4. The molecule has 0 aliphatic carbocycles. The van der Waals surface area contributed by atoms with E-state index in [4.69, 9.17) is 23.3 Å². The first-order valence-corrected chi connectivity index (χ1v) is 29.0. The van der Waals surface area contributed by atoms with Crippen molar-refractivity contribution in [2.75, 3.05) is 26.4 Å². The number of hydrogen-bond donors (Lipinski definition) is 2. The molecule has 2 N–H and O–H groups in total. The lowest BCUT2D eigenvalue weighted by Gasteiger charge is -2.21. The summed E-state index contributed by atoms with van der Waals surface area (Å²) in [5.74, 6) is -1.49. The number of allylic oxidation sites excluding steroid dienone is 8. The van der Waals surface area contributed by atoms with Gasteiger partial charge in [-0.2, -0.15) is 0 Å². The summed E-state index contributed by atoms with van der Waals surface area (Å²) in [7, 11) is -4.74. The van der Waals surface area contributed by atoms with Crippen LogP contribution >= 0.6 is 7.82 Å². The van der Waals surface area contributed by atoms with Crippen molar-refractivity contribution in [2.24, 2.45) is 0 Å². The monoisotopic (exact) mass is 981 g/mol. The topological polar surface area (TPSA) is 155 Å². The van der Waals surface area contributed by atoms with E-state index in [2.05, 4.69) is 69.4 Å². The molecule has 0 radical (unpaired) electrons. The van der Waals surface area contributed by atoms with Gasteiger partial charge in [0.2, 0.25) is 0 Å². The number of carbonyl (C=O) groups is 3. The summed E-state index contributed by atoms with van der Waals surface area (Å²) in [5.41, 5.74) is 0. The highest BCUT2D eigenvalue weighted by Gasteiger charge is 2.28. The highest BCUT2D eigenvalue weighted by atomic mass is 31.2. The average Bonchev–Trinajstić information content (AvgIpc) is 3.32. The first-order chi connectivity index (χ1) is 33.2. The second-order valence-corrected chi connectivity index (χ2v) is 19.8. The minimum Gasteiger partial charge on any atom is -0.462 e. The Kier molecular flexibility index (Phi) is 48.9. The molecule has 68 heavy (non-hydrogen) atoms. The van der Waals surface area contributed by atoms with Gasteiger partial charge in [-0.05, 0) is 96.3 Å². The molecule has 0 heterocycles. The van der Waals surface area contributed by atoms with Crippen molar-refractivity contribution < 1.29 is 52.2 Å². The minimum absolute atomic E-state index is 0.156. The van der Waals surface area contributed by atoms with Crippen LogP contribution < -0.4 is 0 Å². The SMILES string of the molecule is CCCC/C=C\CCCCCCCC(=O)OC(CO)COP(=O)(O)OCC(COC(=O)CCCCCCCCC/C=C\C/C=C\CCCCC)OC(=O)CCCCCCC/C=C\CCCCCC.